The lowest BCUT2D eigenvalue weighted by Gasteiger charge is -2.29. The summed E-state index contributed by atoms with van der Waals surface area (Å²) in [6, 6.07) is 11.9. The van der Waals surface area contributed by atoms with Crippen molar-refractivity contribution in [2.24, 2.45) is 0 Å². The standard InChI is InChI=1S/C22H25Cl3N2O2S/c1-4-14(2)26-22(29)15(3)27(12-16-5-10-19(24)20(25)11-16)21(28)13-30-18-8-6-17(23)7-9-18/h5-11,14-15H,4,12-13H2,1-3H3,(H,26,29)/t14-,15+/m0/s1. The molecule has 0 aromatic heterocycles. The first kappa shape index (κ1) is 24.9. The molecule has 0 heterocycles. The Morgan fingerprint density at radius 1 is 1.03 bits per heavy atom. The number of rotatable bonds is 9. The van der Waals surface area contributed by atoms with Crippen molar-refractivity contribution >= 4 is 58.4 Å². The van der Waals surface area contributed by atoms with Gasteiger partial charge in [-0.05, 0) is 62.2 Å². The van der Waals surface area contributed by atoms with E-state index in [1.807, 2.05) is 26.0 Å². The first-order valence-corrected chi connectivity index (χ1v) is 11.7. The first-order chi connectivity index (χ1) is 14.2. The molecule has 0 fully saturated rings. The van der Waals surface area contributed by atoms with Gasteiger partial charge in [-0.15, -0.1) is 11.8 Å². The Bertz CT molecular complexity index is 877. The number of hydrogen-bond donors (Lipinski definition) is 1. The molecule has 2 amide bonds. The van der Waals surface area contributed by atoms with Crippen molar-refractivity contribution in [3.05, 3.63) is 63.1 Å². The van der Waals surface area contributed by atoms with E-state index in [9.17, 15) is 9.59 Å². The van der Waals surface area contributed by atoms with Crippen molar-refractivity contribution in [1.29, 1.82) is 0 Å². The van der Waals surface area contributed by atoms with E-state index in [1.165, 1.54) is 11.8 Å². The molecule has 2 aromatic rings. The molecule has 2 rings (SSSR count). The predicted octanol–water partition coefficient (Wildman–Crippen LogP) is 6.07. The molecular formula is C22H25Cl3N2O2S. The highest BCUT2D eigenvalue weighted by atomic mass is 35.5. The molecule has 1 N–H and O–H groups in total. The smallest absolute Gasteiger partial charge is 0.242 e. The van der Waals surface area contributed by atoms with E-state index >= 15 is 0 Å². The third-order valence-corrected chi connectivity index (χ3v) is 6.67. The maximum Gasteiger partial charge on any atom is 0.242 e. The Hall–Kier alpha value is -1.40. The molecular weight excluding hydrogens is 463 g/mol. The molecule has 0 radical (unpaired) electrons. The van der Waals surface area contributed by atoms with Crippen molar-refractivity contribution in [3.63, 3.8) is 0 Å². The lowest BCUT2D eigenvalue weighted by Crippen LogP contribution is -2.50. The van der Waals surface area contributed by atoms with Crippen LogP contribution in [0.25, 0.3) is 0 Å². The number of carbonyl (C=O) groups is 2. The van der Waals surface area contributed by atoms with Crippen LogP contribution in [0.3, 0.4) is 0 Å². The van der Waals surface area contributed by atoms with Crippen LogP contribution in [-0.4, -0.2) is 34.6 Å². The zero-order valence-electron chi connectivity index (χ0n) is 17.1. The van der Waals surface area contributed by atoms with Gasteiger partial charge in [-0.2, -0.15) is 0 Å². The molecule has 0 aliphatic heterocycles. The average molecular weight is 488 g/mol. The average Bonchev–Trinajstić information content (AvgIpc) is 2.73. The quantitative estimate of drug-likeness (QED) is 0.437. The van der Waals surface area contributed by atoms with Crippen molar-refractivity contribution < 1.29 is 9.59 Å². The number of hydrogen-bond acceptors (Lipinski definition) is 3. The SMILES string of the molecule is CC[C@H](C)NC(=O)[C@@H](C)N(Cc1ccc(Cl)c(Cl)c1)C(=O)CSc1ccc(Cl)cc1. The van der Waals surface area contributed by atoms with Crippen LogP contribution in [0.1, 0.15) is 32.8 Å². The highest BCUT2D eigenvalue weighted by Gasteiger charge is 2.27. The van der Waals surface area contributed by atoms with E-state index in [4.69, 9.17) is 34.8 Å². The van der Waals surface area contributed by atoms with E-state index in [2.05, 4.69) is 5.32 Å². The number of thioether (sulfide) groups is 1. The van der Waals surface area contributed by atoms with Crippen molar-refractivity contribution in [3.8, 4) is 0 Å². The van der Waals surface area contributed by atoms with Crippen LogP contribution in [0.2, 0.25) is 15.1 Å². The summed E-state index contributed by atoms with van der Waals surface area (Å²) >= 11 is 19.5. The van der Waals surface area contributed by atoms with Gasteiger partial charge in [0.05, 0.1) is 15.8 Å². The first-order valence-electron chi connectivity index (χ1n) is 9.63. The molecule has 0 unspecified atom stereocenters. The fourth-order valence-electron chi connectivity index (χ4n) is 2.64. The number of halogens is 3. The highest BCUT2D eigenvalue weighted by Crippen LogP contribution is 2.25. The van der Waals surface area contributed by atoms with E-state index in [-0.39, 0.29) is 30.2 Å². The summed E-state index contributed by atoms with van der Waals surface area (Å²) in [6.07, 6.45) is 0.811. The monoisotopic (exact) mass is 486 g/mol. The summed E-state index contributed by atoms with van der Waals surface area (Å²) in [5.74, 6) is -0.133. The normalized spacial score (nSPS) is 12.9. The van der Waals surface area contributed by atoms with Gasteiger partial charge < -0.3 is 10.2 Å². The minimum Gasteiger partial charge on any atom is -0.352 e. The van der Waals surface area contributed by atoms with Gasteiger partial charge in [0.15, 0.2) is 0 Å². The fraction of sp³-hybridized carbons (Fsp3) is 0.364. The second-order valence-electron chi connectivity index (χ2n) is 7.01. The van der Waals surface area contributed by atoms with Crippen LogP contribution in [0.5, 0.6) is 0 Å². The third kappa shape index (κ3) is 7.38. The van der Waals surface area contributed by atoms with Crippen molar-refractivity contribution in [2.75, 3.05) is 5.75 Å². The molecule has 2 atom stereocenters. The Morgan fingerprint density at radius 3 is 2.30 bits per heavy atom. The molecule has 0 saturated heterocycles. The summed E-state index contributed by atoms with van der Waals surface area (Å²) < 4.78 is 0. The third-order valence-electron chi connectivity index (χ3n) is 4.68. The predicted molar refractivity (Wildman–Crippen MR) is 127 cm³/mol. The van der Waals surface area contributed by atoms with Gasteiger partial charge in [0.1, 0.15) is 6.04 Å². The van der Waals surface area contributed by atoms with E-state index in [1.54, 1.807) is 42.2 Å². The molecule has 8 heteroatoms. The van der Waals surface area contributed by atoms with Gasteiger partial charge in [-0.25, -0.2) is 0 Å². The van der Waals surface area contributed by atoms with Gasteiger partial charge in [0.2, 0.25) is 11.8 Å². The van der Waals surface area contributed by atoms with Crippen LogP contribution in [0.4, 0.5) is 0 Å². The molecule has 162 valence electrons. The number of amides is 2. The Balaban J connectivity index is 2.17. The fourth-order valence-corrected chi connectivity index (χ4v) is 3.87. The molecule has 4 nitrogen and oxygen atoms in total. The molecule has 0 aliphatic rings. The number of nitrogens with one attached hydrogen (secondary N) is 1. The lowest BCUT2D eigenvalue weighted by atomic mass is 10.1. The van der Waals surface area contributed by atoms with Gasteiger partial charge in [0, 0.05) is 22.5 Å². The number of nitrogens with zero attached hydrogens (tertiary/aromatic N) is 1. The van der Waals surface area contributed by atoms with Gasteiger partial charge >= 0.3 is 0 Å². The second kappa shape index (κ2) is 11.8. The molecule has 2 aromatic carbocycles. The molecule has 0 saturated carbocycles. The lowest BCUT2D eigenvalue weighted by molar-refractivity contribution is -0.138. The second-order valence-corrected chi connectivity index (χ2v) is 9.31. The topological polar surface area (TPSA) is 49.4 Å². The highest BCUT2D eigenvalue weighted by molar-refractivity contribution is 8.00. The van der Waals surface area contributed by atoms with Gasteiger partial charge in [-0.1, -0.05) is 47.8 Å². The number of benzene rings is 2. The van der Waals surface area contributed by atoms with E-state index in [0.29, 0.717) is 15.1 Å². The van der Waals surface area contributed by atoms with Crippen LogP contribution < -0.4 is 5.32 Å². The maximum absolute atomic E-state index is 13.1. The zero-order valence-corrected chi connectivity index (χ0v) is 20.2. The Labute approximate surface area is 197 Å². The van der Waals surface area contributed by atoms with Crippen LogP contribution in [0.15, 0.2) is 47.4 Å². The van der Waals surface area contributed by atoms with E-state index in [0.717, 1.165) is 16.9 Å². The van der Waals surface area contributed by atoms with Crippen LogP contribution in [0, 0.1) is 0 Å². The Morgan fingerprint density at radius 2 is 1.70 bits per heavy atom. The van der Waals surface area contributed by atoms with Crippen molar-refractivity contribution in [1.82, 2.24) is 10.2 Å². The minimum absolute atomic E-state index is 0.0327. The largest absolute Gasteiger partial charge is 0.352 e. The van der Waals surface area contributed by atoms with Crippen LogP contribution >= 0.6 is 46.6 Å². The summed E-state index contributed by atoms with van der Waals surface area (Å²) in [5.41, 5.74) is 0.803. The van der Waals surface area contributed by atoms with Gasteiger partial charge in [-0.3, -0.25) is 9.59 Å². The van der Waals surface area contributed by atoms with E-state index < -0.39 is 6.04 Å². The molecule has 30 heavy (non-hydrogen) atoms. The van der Waals surface area contributed by atoms with Crippen LogP contribution in [-0.2, 0) is 16.1 Å². The molecule has 0 bridgehead atoms. The summed E-state index contributed by atoms with van der Waals surface area (Å²) in [4.78, 5) is 28.3. The summed E-state index contributed by atoms with van der Waals surface area (Å²) in [7, 11) is 0. The van der Waals surface area contributed by atoms with Gasteiger partial charge in [0.25, 0.3) is 0 Å². The zero-order chi connectivity index (χ0) is 22.3. The number of carbonyl (C=O) groups excluding carboxylic acids is 2. The summed E-state index contributed by atoms with van der Waals surface area (Å²) in [5, 5.41) is 4.45. The Kier molecular flexibility index (Phi) is 9.82. The summed E-state index contributed by atoms with van der Waals surface area (Å²) in [6.45, 7) is 5.93. The molecule has 0 spiro atoms. The maximum atomic E-state index is 13.1. The minimum atomic E-state index is -0.633. The molecule has 0 aliphatic carbocycles. The van der Waals surface area contributed by atoms with Crippen molar-refractivity contribution in [2.45, 2.75) is 50.7 Å².